The summed E-state index contributed by atoms with van der Waals surface area (Å²) in [5, 5.41) is 4.10. The summed E-state index contributed by atoms with van der Waals surface area (Å²) in [6.45, 7) is 7.62. The number of nitrogens with zero attached hydrogens (tertiary/aromatic N) is 2. The van der Waals surface area contributed by atoms with Gasteiger partial charge in [0, 0.05) is 25.4 Å². The summed E-state index contributed by atoms with van der Waals surface area (Å²) in [6.07, 6.45) is 3.59. The van der Waals surface area contributed by atoms with E-state index in [2.05, 4.69) is 5.10 Å². The number of hydrogen-bond donors (Lipinski definition) is 1. The Bertz CT molecular complexity index is 331. The lowest BCUT2D eigenvalue weighted by Gasteiger charge is -2.21. The number of nitrogens with two attached hydrogens (primary N) is 1. The first kappa shape index (κ1) is 14.2. The Kier molecular flexibility index (Phi) is 5.11. The standard InChI is InChI=1S/C12H23N3O2/c1-12(2,3)17-6-5-16-11(7-13)10-8-14-15(4)9-10/h8-9,11H,5-7,13H2,1-4H3. The fraction of sp³-hybridized carbons (Fsp3) is 0.750. The van der Waals surface area contributed by atoms with Gasteiger partial charge in [-0.05, 0) is 20.8 Å². The monoisotopic (exact) mass is 241 g/mol. The van der Waals surface area contributed by atoms with Crippen molar-refractivity contribution in [3.63, 3.8) is 0 Å². The van der Waals surface area contributed by atoms with Gasteiger partial charge in [0.1, 0.15) is 0 Å². The smallest absolute Gasteiger partial charge is 0.0978 e. The quantitative estimate of drug-likeness (QED) is 0.761. The van der Waals surface area contributed by atoms with Crippen LogP contribution in [0.2, 0.25) is 0 Å². The molecular formula is C12H23N3O2. The van der Waals surface area contributed by atoms with Gasteiger partial charge in [-0.2, -0.15) is 5.10 Å². The van der Waals surface area contributed by atoms with Crippen LogP contribution in [0.25, 0.3) is 0 Å². The Morgan fingerprint density at radius 1 is 1.41 bits per heavy atom. The van der Waals surface area contributed by atoms with Gasteiger partial charge in [0.05, 0.1) is 31.1 Å². The van der Waals surface area contributed by atoms with Crippen LogP contribution < -0.4 is 5.73 Å². The minimum Gasteiger partial charge on any atom is -0.373 e. The molecule has 1 rings (SSSR count). The molecule has 0 aliphatic carbocycles. The number of aryl methyl sites for hydroxylation is 1. The Morgan fingerprint density at radius 3 is 2.59 bits per heavy atom. The summed E-state index contributed by atoms with van der Waals surface area (Å²) < 4.78 is 13.0. The fourth-order valence-corrected chi connectivity index (χ4v) is 1.44. The third kappa shape index (κ3) is 5.30. The van der Waals surface area contributed by atoms with Crippen molar-refractivity contribution in [1.82, 2.24) is 9.78 Å². The van der Waals surface area contributed by atoms with Crippen molar-refractivity contribution in [2.75, 3.05) is 19.8 Å². The van der Waals surface area contributed by atoms with Crippen molar-refractivity contribution in [3.05, 3.63) is 18.0 Å². The van der Waals surface area contributed by atoms with E-state index in [0.29, 0.717) is 19.8 Å². The first-order valence-electron chi connectivity index (χ1n) is 5.86. The van der Waals surface area contributed by atoms with E-state index in [-0.39, 0.29) is 11.7 Å². The minimum absolute atomic E-state index is 0.104. The molecule has 1 atom stereocenters. The van der Waals surface area contributed by atoms with Crippen LogP contribution >= 0.6 is 0 Å². The largest absolute Gasteiger partial charge is 0.373 e. The predicted molar refractivity (Wildman–Crippen MR) is 66.7 cm³/mol. The molecule has 0 aromatic carbocycles. The maximum Gasteiger partial charge on any atom is 0.0978 e. The molecule has 0 amide bonds. The van der Waals surface area contributed by atoms with Crippen molar-refractivity contribution >= 4 is 0 Å². The number of hydrogen-bond acceptors (Lipinski definition) is 4. The summed E-state index contributed by atoms with van der Waals surface area (Å²) in [4.78, 5) is 0. The van der Waals surface area contributed by atoms with Crippen molar-refractivity contribution in [2.45, 2.75) is 32.5 Å². The molecule has 17 heavy (non-hydrogen) atoms. The average Bonchev–Trinajstić information content (AvgIpc) is 2.63. The highest BCUT2D eigenvalue weighted by atomic mass is 16.5. The van der Waals surface area contributed by atoms with E-state index >= 15 is 0 Å². The third-order valence-electron chi connectivity index (χ3n) is 2.25. The lowest BCUT2D eigenvalue weighted by molar-refractivity contribution is -0.0506. The maximum absolute atomic E-state index is 5.68. The van der Waals surface area contributed by atoms with E-state index in [1.807, 2.05) is 34.0 Å². The summed E-state index contributed by atoms with van der Waals surface area (Å²) in [7, 11) is 1.87. The summed E-state index contributed by atoms with van der Waals surface area (Å²) in [5.41, 5.74) is 6.56. The molecule has 0 aliphatic rings. The SMILES string of the molecule is Cn1cc(C(CN)OCCOC(C)(C)C)cn1. The van der Waals surface area contributed by atoms with Gasteiger partial charge < -0.3 is 15.2 Å². The molecule has 0 saturated carbocycles. The highest BCUT2D eigenvalue weighted by molar-refractivity contribution is 5.08. The van der Waals surface area contributed by atoms with Gasteiger partial charge in [-0.25, -0.2) is 0 Å². The van der Waals surface area contributed by atoms with Crippen LogP contribution in [0, 0.1) is 0 Å². The van der Waals surface area contributed by atoms with E-state index in [0.717, 1.165) is 5.56 Å². The normalized spacial score (nSPS) is 13.9. The number of ether oxygens (including phenoxy) is 2. The first-order valence-corrected chi connectivity index (χ1v) is 5.86. The Morgan fingerprint density at radius 2 is 2.12 bits per heavy atom. The van der Waals surface area contributed by atoms with Crippen LogP contribution in [0.3, 0.4) is 0 Å². The van der Waals surface area contributed by atoms with E-state index in [9.17, 15) is 0 Å². The molecule has 0 spiro atoms. The van der Waals surface area contributed by atoms with Crippen LogP contribution in [0.1, 0.15) is 32.4 Å². The first-order chi connectivity index (χ1) is 7.92. The zero-order valence-electron chi connectivity index (χ0n) is 11.1. The number of aromatic nitrogens is 2. The second-order valence-corrected chi connectivity index (χ2v) is 5.00. The fourth-order valence-electron chi connectivity index (χ4n) is 1.44. The molecule has 0 radical (unpaired) electrons. The molecule has 5 nitrogen and oxygen atoms in total. The van der Waals surface area contributed by atoms with Crippen LogP contribution in [-0.2, 0) is 16.5 Å². The van der Waals surface area contributed by atoms with Crippen molar-refractivity contribution in [2.24, 2.45) is 12.8 Å². The predicted octanol–water partition coefficient (Wildman–Crippen LogP) is 1.25. The molecule has 98 valence electrons. The zero-order chi connectivity index (χ0) is 12.9. The molecule has 0 bridgehead atoms. The maximum atomic E-state index is 5.68. The zero-order valence-corrected chi connectivity index (χ0v) is 11.1. The van der Waals surface area contributed by atoms with E-state index in [4.69, 9.17) is 15.2 Å². The molecule has 1 heterocycles. The van der Waals surface area contributed by atoms with Crippen LogP contribution in [0.15, 0.2) is 12.4 Å². The molecule has 1 unspecified atom stereocenters. The molecule has 5 heteroatoms. The van der Waals surface area contributed by atoms with Crippen LogP contribution in [-0.4, -0.2) is 35.1 Å². The van der Waals surface area contributed by atoms with Gasteiger partial charge >= 0.3 is 0 Å². The van der Waals surface area contributed by atoms with Gasteiger partial charge in [0.2, 0.25) is 0 Å². The van der Waals surface area contributed by atoms with Crippen LogP contribution in [0.5, 0.6) is 0 Å². The lowest BCUT2D eigenvalue weighted by atomic mass is 10.2. The van der Waals surface area contributed by atoms with Crippen molar-refractivity contribution < 1.29 is 9.47 Å². The van der Waals surface area contributed by atoms with E-state index < -0.39 is 0 Å². The summed E-state index contributed by atoms with van der Waals surface area (Å²) >= 11 is 0. The van der Waals surface area contributed by atoms with E-state index in [1.165, 1.54) is 0 Å². The van der Waals surface area contributed by atoms with Crippen LogP contribution in [0.4, 0.5) is 0 Å². The Balaban J connectivity index is 2.33. The molecule has 0 saturated heterocycles. The average molecular weight is 241 g/mol. The van der Waals surface area contributed by atoms with Gasteiger partial charge in [-0.15, -0.1) is 0 Å². The Hall–Kier alpha value is -0.910. The van der Waals surface area contributed by atoms with Gasteiger partial charge in [0.25, 0.3) is 0 Å². The van der Waals surface area contributed by atoms with Gasteiger partial charge in [-0.1, -0.05) is 0 Å². The molecule has 0 fully saturated rings. The Labute approximate surface area is 103 Å². The van der Waals surface area contributed by atoms with Gasteiger partial charge in [0.15, 0.2) is 0 Å². The van der Waals surface area contributed by atoms with Gasteiger partial charge in [-0.3, -0.25) is 4.68 Å². The molecular weight excluding hydrogens is 218 g/mol. The summed E-state index contributed by atoms with van der Waals surface area (Å²) in [5.74, 6) is 0. The molecule has 2 N–H and O–H groups in total. The molecule has 1 aromatic heterocycles. The second-order valence-electron chi connectivity index (χ2n) is 5.00. The second kappa shape index (κ2) is 6.14. The third-order valence-corrected chi connectivity index (χ3v) is 2.25. The lowest BCUT2D eigenvalue weighted by Crippen LogP contribution is -2.23. The highest BCUT2D eigenvalue weighted by Gasteiger charge is 2.13. The van der Waals surface area contributed by atoms with Crippen molar-refractivity contribution in [3.8, 4) is 0 Å². The minimum atomic E-state index is -0.129. The topological polar surface area (TPSA) is 62.3 Å². The van der Waals surface area contributed by atoms with E-state index in [1.54, 1.807) is 10.9 Å². The highest BCUT2D eigenvalue weighted by Crippen LogP contribution is 2.15. The number of rotatable bonds is 6. The summed E-state index contributed by atoms with van der Waals surface area (Å²) in [6, 6.07) is 0. The van der Waals surface area contributed by atoms with Crippen molar-refractivity contribution in [1.29, 1.82) is 0 Å². The molecule has 1 aromatic rings. The molecule has 0 aliphatic heterocycles.